The topological polar surface area (TPSA) is 64.6 Å². The number of hydrogen-bond donors (Lipinski definition) is 1. The number of nitrogens with one attached hydrogen (secondary N) is 1. The number of carbonyl (C=O) groups is 1. The molecule has 0 heterocycles. The second kappa shape index (κ2) is 8.77. The quantitative estimate of drug-likeness (QED) is 0.508. The lowest BCUT2D eigenvalue weighted by atomic mass is 10.1. The van der Waals surface area contributed by atoms with E-state index in [2.05, 4.69) is 4.72 Å². The molecule has 5 nitrogen and oxygen atoms in total. The molecule has 0 radical (unpaired) electrons. The molecule has 7 heteroatoms. The van der Waals surface area contributed by atoms with Crippen molar-refractivity contribution in [2.45, 2.75) is 31.3 Å². The summed E-state index contributed by atoms with van der Waals surface area (Å²) in [5.74, 6) is 0.350. The summed E-state index contributed by atoms with van der Waals surface area (Å²) in [6.45, 7) is 5.27. The highest BCUT2D eigenvalue weighted by molar-refractivity contribution is 14.1. The molecule has 0 saturated heterocycles. The van der Waals surface area contributed by atoms with E-state index in [1.165, 1.54) is 0 Å². The smallest absolute Gasteiger partial charge is 0.321 e. The van der Waals surface area contributed by atoms with Crippen molar-refractivity contribution in [2.75, 3.05) is 6.54 Å². The highest BCUT2D eigenvalue weighted by Gasteiger charge is 2.16. The van der Waals surface area contributed by atoms with Crippen LogP contribution in [0.15, 0.2) is 53.4 Å². The SMILES string of the molecule is CC(C)(C)OC(=O)CNS(=O)c1ccc(-c2ccc(OI)cc2)cc1. The molecular weight excluding hydrogens is 453 g/mol. The average Bonchev–Trinajstić information content (AvgIpc) is 2.58. The Bertz CT molecular complexity index is 739. The van der Waals surface area contributed by atoms with Crippen molar-refractivity contribution in [2.24, 2.45) is 0 Å². The van der Waals surface area contributed by atoms with Crippen LogP contribution in [0.4, 0.5) is 0 Å². The monoisotopic (exact) mass is 473 g/mol. The minimum atomic E-state index is -1.47. The number of benzene rings is 2. The van der Waals surface area contributed by atoms with Crippen LogP contribution < -0.4 is 7.79 Å². The van der Waals surface area contributed by atoms with Gasteiger partial charge in [-0.25, -0.2) is 8.93 Å². The summed E-state index contributed by atoms with van der Waals surface area (Å²) >= 11 is 1.84. The van der Waals surface area contributed by atoms with E-state index in [1.54, 1.807) is 32.9 Å². The Labute approximate surface area is 164 Å². The standard InChI is InChI=1S/C18H20INO4S/c1-18(2,3)23-17(21)12-20-25(22)16-10-6-14(7-11-16)13-4-8-15(24-19)9-5-13/h4-11,20H,12H2,1-3H3. The molecule has 0 fully saturated rings. The van der Waals surface area contributed by atoms with Gasteiger partial charge in [0, 0.05) is 0 Å². The largest absolute Gasteiger partial charge is 0.459 e. The van der Waals surface area contributed by atoms with Crippen molar-refractivity contribution in [1.82, 2.24) is 4.72 Å². The first-order chi connectivity index (χ1) is 11.8. The molecule has 2 aromatic carbocycles. The second-order valence-electron chi connectivity index (χ2n) is 6.30. The third-order valence-corrected chi connectivity index (χ3v) is 4.73. The van der Waals surface area contributed by atoms with E-state index in [0.29, 0.717) is 4.90 Å². The van der Waals surface area contributed by atoms with Crippen LogP contribution in [0.25, 0.3) is 11.1 Å². The molecule has 0 amide bonds. The Kier molecular flexibility index (Phi) is 6.97. The fourth-order valence-corrected chi connectivity index (χ4v) is 3.15. The van der Waals surface area contributed by atoms with E-state index in [-0.39, 0.29) is 6.54 Å². The molecule has 1 unspecified atom stereocenters. The molecule has 0 bridgehead atoms. The fraction of sp³-hybridized carbons (Fsp3) is 0.278. The van der Waals surface area contributed by atoms with Crippen molar-refractivity contribution < 1.29 is 16.8 Å². The van der Waals surface area contributed by atoms with E-state index in [1.807, 2.05) is 59.4 Å². The van der Waals surface area contributed by atoms with Gasteiger partial charge in [-0.05, 0) is 56.2 Å². The third-order valence-electron chi connectivity index (χ3n) is 3.11. The number of carbonyl (C=O) groups excluding carboxylic acids is 1. The zero-order chi connectivity index (χ0) is 18.4. The molecule has 25 heavy (non-hydrogen) atoms. The minimum absolute atomic E-state index is 0.108. The lowest BCUT2D eigenvalue weighted by Gasteiger charge is -2.19. The predicted molar refractivity (Wildman–Crippen MR) is 107 cm³/mol. The normalized spacial score (nSPS) is 12.5. The molecular formula is C18H20INO4S. The molecule has 0 aliphatic heterocycles. The molecule has 2 rings (SSSR count). The molecule has 134 valence electrons. The minimum Gasteiger partial charge on any atom is -0.459 e. The molecule has 0 aliphatic carbocycles. The number of halogens is 1. The molecule has 0 aromatic heterocycles. The summed E-state index contributed by atoms with van der Waals surface area (Å²) in [6, 6.07) is 15.0. The second-order valence-corrected chi connectivity index (χ2v) is 8.04. The van der Waals surface area contributed by atoms with Crippen LogP contribution >= 0.6 is 23.0 Å². The van der Waals surface area contributed by atoms with Gasteiger partial charge in [-0.3, -0.25) is 4.79 Å². The first-order valence-corrected chi connectivity index (χ1v) is 9.68. The molecule has 0 spiro atoms. The Morgan fingerprint density at radius 2 is 1.56 bits per heavy atom. The zero-order valence-corrected chi connectivity index (χ0v) is 17.2. The van der Waals surface area contributed by atoms with Crippen LogP contribution in [0, 0.1) is 0 Å². The van der Waals surface area contributed by atoms with Crippen LogP contribution in [-0.4, -0.2) is 22.3 Å². The van der Waals surface area contributed by atoms with Crippen LogP contribution in [0.5, 0.6) is 5.75 Å². The van der Waals surface area contributed by atoms with Crippen molar-refractivity contribution >= 4 is 40.0 Å². The fourth-order valence-electron chi connectivity index (χ4n) is 2.06. The Morgan fingerprint density at radius 3 is 2.04 bits per heavy atom. The van der Waals surface area contributed by atoms with E-state index in [9.17, 15) is 9.00 Å². The van der Waals surface area contributed by atoms with Gasteiger partial charge < -0.3 is 7.80 Å². The van der Waals surface area contributed by atoms with Crippen molar-refractivity contribution in [3.05, 3.63) is 48.5 Å². The van der Waals surface area contributed by atoms with Crippen LogP contribution in [-0.2, 0) is 20.5 Å². The maximum atomic E-state index is 12.2. The number of esters is 1. The van der Waals surface area contributed by atoms with Gasteiger partial charge in [0.2, 0.25) is 0 Å². The first-order valence-electron chi connectivity index (χ1n) is 7.65. The zero-order valence-electron chi connectivity index (χ0n) is 14.2. The molecule has 1 atom stereocenters. The molecule has 2 aromatic rings. The van der Waals surface area contributed by atoms with Crippen LogP contribution in [0.2, 0.25) is 0 Å². The lowest BCUT2D eigenvalue weighted by molar-refractivity contribution is -0.153. The van der Waals surface area contributed by atoms with Gasteiger partial charge in [0.05, 0.1) is 4.90 Å². The van der Waals surface area contributed by atoms with Crippen LogP contribution in [0.3, 0.4) is 0 Å². The van der Waals surface area contributed by atoms with Gasteiger partial charge in [0.15, 0.2) is 23.0 Å². The Balaban J connectivity index is 1.96. The van der Waals surface area contributed by atoms with Crippen molar-refractivity contribution in [1.29, 1.82) is 0 Å². The van der Waals surface area contributed by atoms with Gasteiger partial charge in [-0.15, -0.1) is 0 Å². The van der Waals surface area contributed by atoms with E-state index in [0.717, 1.165) is 16.9 Å². The first kappa shape index (κ1) is 19.9. The van der Waals surface area contributed by atoms with Gasteiger partial charge in [0.1, 0.15) is 28.9 Å². The number of rotatable bonds is 6. The predicted octanol–water partition coefficient (Wildman–Crippen LogP) is 4.04. The summed E-state index contributed by atoms with van der Waals surface area (Å²) in [4.78, 5) is 12.3. The summed E-state index contributed by atoms with van der Waals surface area (Å²) in [5.41, 5.74) is 1.49. The number of hydrogen-bond acceptors (Lipinski definition) is 4. The molecule has 1 N–H and O–H groups in total. The van der Waals surface area contributed by atoms with E-state index < -0.39 is 22.6 Å². The van der Waals surface area contributed by atoms with Crippen molar-refractivity contribution in [3.8, 4) is 16.9 Å². The third kappa shape index (κ3) is 6.41. The van der Waals surface area contributed by atoms with Crippen LogP contribution in [0.1, 0.15) is 20.8 Å². The summed E-state index contributed by atoms with van der Waals surface area (Å²) in [7, 11) is -1.47. The molecule has 0 aliphatic rings. The van der Waals surface area contributed by atoms with Gasteiger partial charge in [0.25, 0.3) is 0 Å². The Hall–Kier alpha value is -1.45. The highest BCUT2D eigenvalue weighted by Crippen LogP contribution is 2.24. The summed E-state index contributed by atoms with van der Waals surface area (Å²) in [6.07, 6.45) is 0. The highest BCUT2D eigenvalue weighted by atomic mass is 127. The summed E-state index contributed by atoms with van der Waals surface area (Å²) in [5, 5.41) is 0. The van der Waals surface area contributed by atoms with Gasteiger partial charge in [-0.2, -0.15) is 0 Å². The molecule has 0 saturated carbocycles. The maximum absolute atomic E-state index is 12.2. The van der Waals surface area contributed by atoms with E-state index in [4.69, 9.17) is 7.80 Å². The lowest BCUT2D eigenvalue weighted by Crippen LogP contribution is -2.32. The van der Waals surface area contributed by atoms with Gasteiger partial charge in [-0.1, -0.05) is 24.3 Å². The number of ether oxygens (including phenoxy) is 1. The van der Waals surface area contributed by atoms with E-state index >= 15 is 0 Å². The van der Waals surface area contributed by atoms with Crippen molar-refractivity contribution in [3.63, 3.8) is 0 Å². The van der Waals surface area contributed by atoms with Gasteiger partial charge >= 0.3 is 5.97 Å². The average molecular weight is 473 g/mol. The summed E-state index contributed by atoms with van der Waals surface area (Å²) < 4.78 is 25.2. The maximum Gasteiger partial charge on any atom is 0.321 e. The Morgan fingerprint density at radius 1 is 1.04 bits per heavy atom.